The van der Waals surface area contributed by atoms with Gasteiger partial charge in [-0.3, -0.25) is 4.90 Å². The van der Waals surface area contributed by atoms with Gasteiger partial charge in [0.25, 0.3) is 0 Å². The molecule has 0 aromatic rings. The fourth-order valence-corrected chi connectivity index (χ4v) is 1.92. The summed E-state index contributed by atoms with van der Waals surface area (Å²) in [7, 11) is 4.13. The maximum atomic E-state index is 10.8. The molecule has 13 heavy (non-hydrogen) atoms. The van der Waals surface area contributed by atoms with Crippen molar-refractivity contribution in [3.05, 3.63) is 0 Å². The van der Waals surface area contributed by atoms with Crippen LogP contribution in [0.15, 0.2) is 0 Å². The number of aldehydes is 1. The average Bonchev–Trinajstić information content (AvgIpc) is 2.43. The number of likely N-dealkylation sites (tertiary alicyclic amines) is 1. The molecular formula is C10H20N2O. The van der Waals surface area contributed by atoms with Crippen LogP contribution in [0.4, 0.5) is 0 Å². The zero-order valence-electron chi connectivity index (χ0n) is 8.86. The van der Waals surface area contributed by atoms with Crippen LogP contribution in [-0.4, -0.2) is 55.4 Å². The van der Waals surface area contributed by atoms with E-state index < -0.39 is 0 Å². The van der Waals surface area contributed by atoms with Crippen LogP contribution in [0.3, 0.4) is 0 Å². The third-order valence-electron chi connectivity index (χ3n) is 2.83. The molecule has 1 fully saturated rings. The van der Waals surface area contributed by atoms with Crippen LogP contribution in [0.25, 0.3) is 0 Å². The van der Waals surface area contributed by atoms with E-state index in [-0.39, 0.29) is 6.04 Å². The summed E-state index contributed by atoms with van der Waals surface area (Å²) < 4.78 is 0. The normalized spacial score (nSPS) is 29.8. The van der Waals surface area contributed by atoms with Gasteiger partial charge in [0.1, 0.15) is 6.29 Å². The van der Waals surface area contributed by atoms with Gasteiger partial charge in [0.05, 0.1) is 6.04 Å². The van der Waals surface area contributed by atoms with Gasteiger partial charge in [0.15, 0.2) is 0 Å². The molecule has 2 unspecified atom stereocenters. The number of nitrogens with zero attached hydrogens (tertiary/aromatic N) is 2. The smallest absolute Gasteiger partial charge is 0.137 e. The van der Waals surface area contributed by atoms with Gasteiger partial charge in [-0.2, -0.15) is 0 Å². The molecule has 1 aliphatic rings. The Hall–Kier alpha value is -0.410. The minimum Gasteiger partial charge on any atom is -0.308 e. The highest BCUT2D eigenvalue weighted by molar-refractivity contribution is 5.58. The fraction of sp³-hybridized carbons (Fsp3) is 0.900. The van der Waals surface area contributed by atoms with Crippen LogP contribution in [0, 0.1) is 0 Å². The highest BCUT2D eigenvalue weighted by Crippen LogP contribution is 2.21. The Bertz CT molecular complexity index is 170. The van der Waals surface area contributed by atoms with E-state index in [1.807, 2.05) is 0 Å². The summed E-state index contributed by atoms with van der Waals surface area (Å²) in [5.74, 6) is 0. The van der Waals surface area contributed by atoms with Crippen LogP contribution in [0.5, 0.6) is 0 Å². The predicted molar refractivity (Wildman–Crippen MR) is 53.8 cm³/mol. The fourth-order valence-electron chi connectivity index (χ4n) is 1.92. The summed E-state index contributed by atoms with van der Waals surface area (Å²) in [6.45, 7) is 4.26. The minimum atomic E-state index is 0.176. The lowest BCUT2D eigenvalue weighted by molar-refractivity contribution is -0.111. The molecule has 1 rings (SSSR count). The van der Waals surface area contributed by atoms with Crippen molar-refractivity contribution < 1.29 is 4.79 Å². The van der Waals surface area contributed by atoms with Crippen molar-refractivity contribution >= 4 is 6.29 Å². The third kappa shape index (κ3) is 2.78. The zero-order valence-corrected chi connectivity index (χ0v) is 8.86. The van der Waals surface area contributed by atoms with Crippen molar-refractivity contribution in [2.24, 2.45) is 0 Å². The second-order valence-corrected chi connectivity index (χ2v) is 4.17. The molecule has 1 aliphatic heterocycles. The lowest BCUT2D eigenvalue weighted by Crippen LogP contribution is -2.40. The summed E-state index contributed by atoms with van der Waals surface area (Å²) in [6.07, 6.45) is 3.30. The molecule has 1 heterocycles. The molecule has 76 valence electrons. The van der Waals surface area contributed by atoms with E-state index in [1.165, 1.54) is 0 Å². The van der Waals surface area contributed by atoms with Gasteiger partial charge in [-0.25, -0.2) is 0 Å². The van der Waals surface area contributed by atoms with Gasteiger partial charge in [-0.1, -0.05) is 0 Å². The molecule has 0 amide bonds. The topological polar surface area (TPSA) is 23.6 Å². The molecule has 2 atom stereocenters. The first-order valence-corrected chi connectivity index (χ1v) is 5.01. The van der Waals surface area contributed by atoms with Gasteiger partial charge in [-0.05, 0) is 33.9 Å². The molecule has 0 aromatic heterocycles. The first kappa shape index (κ1) is 10.7. The van der Waals surface area contributed by atoms with E-state index in [4.69, 9.17) is 0 Å². The second-order valence-electron chi connectivity index (χ2n) is 4.17. The van der Waals surface area contributed by atoms with Gasteiger partial charge in [-0.15, -0.1) is 0 Å². The van der Waals surface area contributed by atoms with Crippen molar-refractivity contribution in [3.8, 4) is 0 Å². The van der Waals surface area contributed by atoms with Crippen LogP contribution in [0.2, 0.25) is 0 Å². The Labute approximate surface area is 80.7 Å². The molecule has 0 saturated carbocycles. The molecule has 3 nitrogen and oxygen atoms in total. The lowest BCUT2D eigenvalue weighted by Gasteiger charge is -2.26. The summed E-state index contributed by atoms with van der Waals surface area (Å²) >= 11 is 0. The first-order chi connectivity index (χ1) is 6.15. The van der Waals surface area contributed by atoms with Gasteiger partial charge < -0.3 is 9.69 Å². The molecule has 0 N–H and O–H groups in total. The Morgan fingerprint density at radius 1 is 1.46 bits per heavy atom. The number of hydrogen-bond donors (Lipinski definition) is 0. The Balaban J connectivity index is 2.40. The molecule has 0 bridgehead atoms. The van der Waals surface area contributed by atoms with E-state index >= 15 is 0 Å². The summed E-state index contributed by atoms with van der Waals surface area (Å²) in [5.41, 5.74) is 0. The van der Waals surface area contributed by atoms with Crippen molar-refractivity contribution in [2.45, 2.75) is 31.8 Å². The third-order valence-corrected chi connectivity index (χ3v) is 2.83. The van der Waals surface area contributed by atoms with Gasteiger partial charge in [0.2, 0.25) is 0 Å². The minimum absolute atomic E-state index is 0.176. The molecule has 1 saturated heterocycles. The van der Waals surface area contributed by atoms with Crippen molar-refractivity contribution in [2.75, 3.05) is 27.2 Å². The van der Waals surface area contributed by atoms with E-state index in [0.29, 0.717) is 6.04 Å². The number of rotatable bonds is 4. The average molecular weight is 184 g/mol. The largest absolute Gasteiger partial charge is 0.308 e. The maximum Gasteiger partial charge on any atom is 0.137 e. The molecule has 0 spiro atoms. The van der Waals surface area contributed by atoms with Gasteiger partial charge >= 0.3 is 0 Å². The highest BCUT2D eigenvalue weighted by Gasteiger charge is 2.29. The SMILES string of the molecule is CC1CCC(C=O)N1CCN(C)C. The first-order valence-electron chi connectivity index (χ1n) is 5.01. The van der Waals surface area contributed by atoms with E-state index in [0.717, 1.165) is 32.2 Å². The van der Waals surface area contributed by atoms with Gasteiger partial charge in [0, 0.05) is 19.1 Å². The molecule has 0 aromatic carbocycles. The standard InChI is InChI=1S/C10H20N2O/c1-9-4-5-10(8-13)12(9)7-6-11(2)3/h8-10H,4-7H2,1-3H3. The number of likely N-dealkylation sites (N-methyl/N-ethyl adjacent to an activating group) is 1. The predicted octanol–water partition coefficient (Wildman–Crippen LogP) is 0.600. The van der Waals surface area contributed by atoms with Crippen LogP contribution >= 0.6 is 0 Å². The van der Waals surface area contributed by atoms with E-state index in [1.54, 1.807) is 0 Å². The second kappa shape index (κ2) is 4.72. The molecule has 3 heteroatoms. The molecular weight excluding hydrogens is 164 g/mol. The Morgan fingerprint density at radius 2 is 2.15 bits per heavy atom. The highest BCUT2D eigenvalue weighted by atomic mass is 16.1. The quantitative estimate of drug-likeness (QED) is 0.598. The monoisotopic (exact) mass is 184 g/mol. The van der Waals surface area contributed by atoms with Crippen LogP contribution in [0.1, 0.15) is 19.8 Å². The lowest BCUT2D eigenvalue weighted by atomic mass is 10.2. The molecule has 0 radical (unpaired) electrons. The van der Waals surface area contributed by atoms with Crippen molar-refractivity contribution in [1.82, 2.24) is 9.80 Å². The zero-order chi connectivity index (χ0) is 9.84. The molecule has 0 aliphatic carbocycles. The van der Waals surface area contributed by atoms with E-state index in [2.05, 4.69) is 30.8 Å². The number of carbonyl (C=O) groups is 1. The Morgan fingerprint density at radius 3 is 2.69 bits per heavy atom. The van der Waals surface area contributed by atoms with Crippen LogP contribution < -0.4 is 0 Å². The van der Waals surface area contributed by atoms with Crippen molar-refractivity contribution in [3.63, 3.8) is 0 Å². The summed E-state index contributed by atoms with van der Waals surface area (Å²) in [5, 5.41) is 0. The van der Waals surface area contributed by atoms with Crippen molar-refractivity contribution in [1.29, 1.82) is 0 Å². The Kier molecular flexibility index (Phi) is 3.88. The number of hydrogen-bond acceptors (Lipinski definition) is 3. The summed E-state index contributed by atoms with van der Waals surface area (Å²) in [4.78, 5) is 15.2. The summed E-state index contributed by atoms with van der Waals surface area (Å²) in [6, 6.07) is 0.755. The number of carbonyl (C=O) groups excluding carboxylic acids is 1. The maximum absolute atomic E-state index is 10.8. The van der Waals surface area contributed by atoms with Crippen LogP contribution in [-0.2, 0) is 4.79 Å². The van der Waals surface area contributed by atoms with E-state index in [9.17, 15) is 4.79 Å².